The Morgan fingerprint density at radius 1 is 1.16 bits per heavy atom. The molecule has 0 amide bonds. The standard InChI is InChI=1S/C12H11ClO4S2/c1-8-3-4-9(10(7-8)16-2)17-19(14,15)12-6-5-11(13)18-12/h3-7H,1-2H3. The summed E-state index contributed by atoms with van der Waals surface area (Å²) < 4.78 is 34.7. The number of hydrogen-bond donors (Lipinski definition) is 0. The zero-order chi connectivity index (χ0) is 14.0. The van der Waals surface area contributed by atoms with Crippen LogP contribution in [-0.4, -0.2) is 15.5 Å². The minimum Gasteiger partial charge on any atom is -0.493 e. The van der Waals surface area contributed by atoms with Crippen molar-refractivity contribution in [2.45, 2.75) is 11.1 Å². The molecule has 7 heteroatoms. The maximum absolute atomic E-state index is 12.0. The van der Waals surface area contributed by atoms with Crippen LogP contribution in [0.15, 0.2) is 34.5 Å². The van der Waals surface area contributed by atoms with Crippen LogP contribution in [0.1, 0.15) is 5.56 Å². The van der Waals surface area contributed by atoms with Crippen LogP contribution in [0.5, 0.6) is 11.5 Å². The van der Waals surface area contributed by atoms with Crippen LogP contribution in [-0.2, 0) is 10.1 Å². The predicted octanol–water partition coefficient (Wildman–Crippen LogP) is 3.49. The lowest BCUT2D eigenvalue weighted by molar-refractivity contribution is 0.390. The highest BCUT2D eigenvalue weighted by Crippen LogP contribution is 2.33. The third kappa shape index (κ3) is 3.20. The zero-order valence-corrected chi connectivity index (χ0v) is 12.6. The molecule has 0 saturated carbocycles. The Kier molecular flexibility index (Phi) is 4.03. The number of halogens is 1. The first-order valence-corrected chi connectivity index (χ1v) is 7.87. The summed E-state index contributed by atoms with van der Waals surface area (Å²) in [5, 5.41) is 0. The summed E-state index contributed by atoms with van der Waals surface area (Å²) in [6.07, 6.45) is 0. The minimum atomic E-state index is -3.88. The van der Waals surface area contributed by atoms with E-state index in [0.717, 1.165) is 16.9 Å². The lowest BCUT2D eigenvalue weighted by Gasteiger charge is -2.10. The fourth-order valence-corrected chi connectivity index (χ4v) is 3.82. The minimum absolute atomic E-state index is 0.0557. The van der Waals surface area contributed by atoms with Gasteiger partial charge >= 0.3 is 10.1 Å². The number of methoxy groups -OCH3 is 1. The van der Waals surface area contributed by atoms with Crippen LogP contribution >= 0.6 is 22.9 Å². The fourth-order valence-electron chi connectivity index (χ4n) is 1.43. The summed E-state index contributed by atoms with van der Waals surface area (Å²) >= 11 is 6.66. The van der Waals surface area contributed by atoms with Crippen LogP contribution in [0.4, 0.5) is 0 Å². The van der Waals surface area contributed by atoms with Crippen molar-refractivity contribution >= 4 is 33.1 Å². The van der Waals surface area contributed by atoms with Crippen LogP contribution < -0.4 is 8.92 Å². The highest BCUT2D eigenvalue weighted by molar-refractivity contribution is 7.89. The quantitative estimate of drug-likeness (QED) is 0.810. The maximum atomic E-state index is 12.0. The van der Waals surface area contributed by atoms with Gasteiger partial charge in [0.25, 0.3) is 0 Å². The van der Waals surface area contributed by atoms with E-state index in [1.807, 2.05) is 6.92 Å². The van der Waals surface area contributed by atoms with Gasteiger partial charge in [0.15, 0.2) is 15.7 Å². The third-order valence-corrected chi connectivity index (χ3v) is 5.23. The lowest BCUT2D eigenvalue weighted by Crippen LogP contribution is -2.08. The van der Waals surface area contributed by atoms with E-state index >= 15 is 0 Å². The Morgan fingerprint density at radius 2 is 1.89 bits per heavy atom. The monoisotopic (exact) mass is 318 g/mol. The molecule has 2 aromatic rings. The Labute approximate surface area is 120 Å². The van der Waals surface area contributed by atoms with Gasteiger partial charge in [0.05, 0.1) is 11.4 Å². The van der Waals surface area contributed by atoms with E-state index in [1.165, 1.54) is 19.2 Å². The summed E-state index contributed by atoms with van der Waals surface area (Å²) in [7, 11) is -2.43. The Balaban J connectivity index is 2.35. The van der Waals surface area contributed by atoms with E-state index in [9.17, 15) is 8.42 Å². The Morgan fingerprint density at radius 3 is 2.47 bits per heavy atom. The average Bonchev–Trinajstić information content (AvgIpc) is 2.79. The van der Waals surface area contributed by atoms with Gasteiger partial charge in [-0.25, -0.2) is 0 Å². The van der Waals surface area contributed by atoms with Crippen molar-refractivity contribution in [3.63, 3.8) is 0 Å². The summed E-state index contributed by atoms with van der Waals surface area (Å²) in [4.78, 5) is 0. The molecule has 0 atom stereocenters. The van der Waals surface area contributed by atoms with Gasteiger partial charge in [0, 0.05) is 0 Å². The van der Waals surface area contributed by atoms with E-state index in [-0.39, 0.29) is 9.96 Å². The highest BCUT2D eigenvalue weighted by atomic mass is 35.5. The second-order valence-electron chi connectivity index (χ2n) is 3.75. The topological polar surface area (TPSA) is 52.6 Å². The smallest absolute Gasteiger partial charge is 0.348 e. The molecule has 0 N–H and O–H groups in total. The molecule has 0 bridgehead atoms. The van der Waals surface area contributed by atoms with Crippen molar-refractivity contribution in [1.82, 2.24) is 0 Å². The van der Waals surface area contributed by atoms with Gasteiger partial charge in [0.2, 0.25) is 0 Å². The van der Waals surface area contributed by atoms with E-state index in [0.29, 0.717) is 10.1 Å². The van der Waals surface area contributed by atoms with Crippen molar-refractivity contribution < 1.29 is 17.3 Å². The summed E-state index contributed by atoms with van der Waals surface area (Å²) in [5.41, 5.74) is 0.945. The molecule has 0 aliphatic rings. The molecule has 0 aliphatic carbocycles. The second kappa shape index (κ2) is 5.40. The van der Waals surface area contributed by atoms with Crippen molar-refractivity contribution in [3.05, 3.63) is 40.2 Å². The largest absolute Gasteiger partial charge is 0.493 e. The molecule has 0 unspecified atom stereocenters. The molecule has 0 spiro atoms. The third-order valence-electron chi connectivity index (χ3n) is 2.31. The fraction of sp³-hybridized carbons (Fsp3) is 0.167. The van der Waals surface area contributed by atoms with Gasteiger partial charge in [0.1, 0.15) is 0 Å². The number of aryl methyl sites for hydroxylation is 1. The van der Waals surface area contributed by atoms with Crippen molar-refractivity contribution in [3.8, 4) is 11.5 Å². The highest BCUT2D eigenvalue weighted by Gasteiger charge is 2.21. The number of hydrogen-bond acceptors (Lipinski definition) is 5. The molecule has 2 rings (SSSR count). The van der Waals surface area contributed by atoms with E-state index in [4.69, 9.17) is 20.5 Å². The van der Waals surface area contributed by atoms with Gasteiger partial charge in [-0.2, -0.15) is 8.42 Å². The number of ether oxygens (including phenoxy) is 1. The van der Waals surface area contributed by atoms with Gasteiger partial charge in [-0.15, -0.1) is 11.3 Å². The lowest BCUT2D eigenvalue weighted by atomic mass is 10.2. The summed E-state index contributed by atoms with van der Waals surface area (Å²) in [6.45, 7) is 1.87. The van der Waals surface area contributed by atoms with E-state index in [1.54, 1.807) is 18.2 Å². The normalized spacial score (nSPS) is 11.3. The van der Waals surface area contributed by atoms with Gasteiger partial charge in [-0.3, -0.25) is 0 Å². The van der Waals surface area contributed by atoms with Crippen molar-refractivity contribution in [2.24, 2.45) is 0 Å². The molecule has 1 heterocycles. The van der Waals surface area contributed by atoms with Gasteiger partial charge in [-0.1, -0.05) is 17.7 Å². The molecule has 0 aliphatic heterocycles. The molecule has 0 saturated heterocycles. The Hall–Kier alpha value is -1.24. The molecule has 0 fully saturated rings. The SMILES string of the molecule is COc1cc(C)ccc1OS(=O)(=O)c1ccc(Cl)s1. The maximum Gasteiger partial charge on any atom is 0.348 e. The molecule has 0 radical (unpaired) electrons. The summed E-state index contributed by atoms with van der Waals surface area (Å²) in [6, 6.07) is 7.92. The van der Waals surface area contributed by atoms with Crippen molar-refractivity contribution in [2.75, 3.05) is 7.11 Å². The number of thiophene rings is 1. The molecule has 1 aromatic carbocycles. The Bertz CT molecular complexity index is 692. The molecular formula is C12H11ClO4S2. The second-order valence-corrected chi connectivity index (χ2v) is 7.24. The molecule has 4 nitrogen and oxygen atoms in total. The zero-order valence-electron chi connectivity index (χ0n) is 10.2. The number of rotatable bonds is 4. The van der Waals surface area contributed by atoms with Crippen molar-refractivity contribution in [1.29, 1.82) is 0 Å². The molecular weight excluding hydrogens is 308 g/mol. The number of benzene rings is 1. The van der Waals surface area contributed by atoms with E-state index in [2.05, 4.69) is 0 Å². The van der Waals surface area contributed by atoms with Crippen LogP contribution in [0.2, 0.25) is 4.34 Å². The molecule has 19 heavy (non-hydrogen) atoms. The first kappa shape index (κ1) is 14.2. The van der Waals surface area contributed by atoms with Gasteiger partial charge in [-0.05, 0) is 36.8 Å². The van der Waals surface area contributed by atoms with Crippen LogP contribution in [0, 0.1) is 6.92 Å². The van der Waals surface area contributed by atoms with E-state index < -0.39 is 10.1 Å². The predicted molar refractivity (Wildman–Crippen MR) is 74.9 cm³/mol. The first-order valence-electron chi connectivity index (χ1n) is 5.27. The summed E-state index contributed by atoms with van der Waals surface area (Å²) in [5.74, 6) is 0.517. The van der Waals surface area contributed by atoms with Crippen LogP contribution in [0.3, 0.4) is 0 Å². The average molecular weight is 319 g/mol. The van der Waals surface area contributed by atoms with Gasteiger partial charge < -0.3 is 8.92 Å². The molecule has 1 aromatic heterocycles. The van der Waals surface area contributed by atoms with Crippen LogP contribution in [0.25, 0.3) is 0 Å². The molecule has 102 valence electrons. The first-order chi connectivity index (χ1) is 8.92.